The van der Waals surface area contributed by atoms with Crippen LogP contribution in [0.25, 0.3) is 0 Å². The zero-order valence-electron chi connectivity index (χ0n) is 16.3. The number of alkyl halides is 6. The van der Waals surface area contributed by atoms with E-state index in [2.05, 4.69) is 10.2 Å². The number of furan rings is 1. The minimum Gasteiger partial charge on any atom is -0.472 e. The molecule has 31 heavy (non-hydrogen) atoms. The maximum atomic E-state index is 13.1. The second kappa shape index (κ2) is 7.89. The number of carbonyl (C=O) groups excluding carboxylic acids is 1. The van der Waals surface area contributed by atoms with E-state index in [-0.39, 0.29) is 24.2 Å². The molecule has 2 bridgehead atoms. The molecule has 2 aliphatic rings. The van der Waals surface area contributed by atoms with Crippen molar-refractivity contribution >= 4 is 5.91 Å². The summed E-state index contributed by atoms with van der Waals surface area (Å²) in [6, 6.07) is 2.89. The van der Waals surface area contributed by atoms with Crippen molar-refractivity contribution in [3.8, 4) is 0 Å². The van der Waals surface area contributed by atoms with Gasteiger partial charge in [-0.15, -0.1) is 0 Å². The molecule has 1 N–H and O–H groups in total. The maximum Gasteiger partial charge on any atom is 0.416 e. The molecule has 3 heterocycles. The molecule has 2 unspecified atom stereocenters. The molecule has 0 spiro atoms. The number of carbonyl (C=O) groups is 1. The number of nitrogens with one attached hydrogen (secondary N) is 1. The van der Waals surface area contributed by atoms with Crippen molar-refractivity contribution in [1.82, 2.24) is 10.2 Å². The maximum absolute atomic E-state index is 13.1. The summed E-state index contributed by atoms with van der Waals surface area (Å²) in [4.78, 5) is 14.9. The Kier molecular flexibility index (Phi) is 5.53. The molecule has 0 aliphatic carbocycles. The van der Waals surface area contributed by atoms with Crippen molar-refractivity contribution < 1.29 is 35.6 Å². The first-order chi connectivity index (χ1) is 14.5. The first-order valence-electron chi connectivity index (χ1n) is 9.88. The smallest absolute Gasteiger partial charge is 0.416 e. The van der Waals surface area contributed by atoms with Gasteiger partial charge in [0.2, 0.25) is 0 Å². The lowest BCUT2D eigenvalue weighted by atomic mass is 9.96. The van der Waals surface area contributed by atoms with Gasteiger partial charge in [-0.1, -0.05) is 0 Å². The molecule has 2 atom stereocenters. The van der Waals surface area contributed by atoms with Crippen LogP contribution in [0.2, 0.25) is 0 Å². The van der Waals surface area contributed by atoms with Crippen molar-refractivity contribution in [1.29, 1.82) is 0 Å². The zero-order valence-corrected chi connectivity index (χ0v) is 16.3. The third kappa shape index (κ3) is 4.73. The van der Waals surface area contributed by atoms with E-state index < -0.39 is 35.0 Å². The highest BCUT2D eigenvalue weighted by Gasteiger charge is 2.42. The average molecular weight is 446 g/mol. The number of hydrogen-bond donors (Lipinski definition) is 1. The number of benzene rings is 1. The molecule has 1 aromatic heterocycles. The van der Waals surface area contributed by atoms with Crippen LogP contribution >= 0.6 is 0 Å². The number of rotatable bonds is 4. The van der Waals surface area contributed by atoms with Crippen molar-refractivity contribution in [2.24, 2.45) is 0 Å². The van der Waals surface area contributed by atoms with E-state index in [4.69, 9.17) is 4.42 Å². The third-order valence-electron chi connectivity index (χ3n) is 6.01. The highest BCUT2D eigenvalue weighted by molar-refractivity contribution is 5.94. The monoisotopic (exact) mass is 446 g/mol. The van der Waals surface area contributed by atoms with Crippen molar-refractivity contribution in [3.05, 3.63) is 59.0 Å². The minimum atomic E-state index is -4.99. The first kappa shape index (κ1) is 21.7. The molecule has 168 valence electrons. The topological polar surface area (TPSA) is 45.5 Å². The van der Waals surface area contributed by atoms with E-state index in [0.29, 0.717) is 31.5 Å². The van der Waals surface area contributed by atoms with Gasteiger partial charge < -0.3 is 9.73 Å². The van der Waals surface area contributed by atoms with Crippen molar-refractivity contribution in [2.45, 2.75) is 62.7 Å². The third-order valence-corrected chi connectivity index (χ3v) is 6.01. The molecule has 4 nitrogen and oxygen atoms in total. The minimum absolute atomic E-state index is 0.0192. The fraction of sp³-hybridized carbons (Fsp3) is 0.476. The summed E-state index contributed by atoms with van der Waals surface area (Å²) in [5.41, 5.74) is -2.61. The van der Waals surface area contributed by atoms with Crippen LogP contribution in [0.5, 0.6) is 0 Å². The summed E-state index contributed by atoms with van der Waals surface area (Å²) in [5, 5.41) is 2.65. The molecule has 2 aromatic rings. The molecular formula is C21H20F6N2O2. The highest BCUT2D eigenvalue weighted by Crippen LogP contribution is 2.38. The Morgan fingerprint density at radius 1 is 1.00 bits per heavy atom. The molecule has 1 aromatic carbocycles. The second-order valence-electron chi connectivity index (χ2n) is 8.13. The van der Waals surface area contributed by atoms with Crippen molar-refractivity contribution in [3.63, 3.8) is 0 Å². The summed E-state index contributed by atoms with van der Waals surface area (Å²) in [6.07, 6.45) is -3.70. The molecule has 1 amide bonds. The largest absolute Gasteiger partial charge is 0.472 e. The average Bonchev–Trinajstić information content (AvgIpc) is 3.26. The summed E-state index contributed by atoms with van der Waals surface area (Å²) in [6.45, 7) is 0.703. The molecule has 4 rings (SSSR count). The first-order valence-corrected chi connectivity index (χ1v) is 9.88. The lowest BCUT2D eigenvalue weighted by Crippen LogP contribution is -2.50. The van der Waals surface area contributed by atoms with Gasteiger partial charge in [0.15, 0.2) is 0 Å². The van der Waals surface area contributed by atoms with E-state index in [9.17, 15) is 31.1 Å². The van der Waals surface area contributed by atoms with Crippen LogP contribution < -0.4 is 5.32 Å². The van der Waals surface area contributed by atoms with E-state index in [1.807, 2.05) is 6.07 Å². The molecule has 2 fully saturated rings. The fourth-order valence-corrected chi connectivity index (χ4v) is 4.60. The Morgan fingerprint density at radius 2 is 1.58 bits per heavy atom. The predicted octanol–water partition coefficient (Wildman–Crippen LogP) is 5.24. The van der Waals surface area contributed by atoms with Crippen LogP contribution in [0.4, 0.5) is 26.3 Å². The summed E-state index contributed by atoms with van der Waals surface area (Å²) >= 11 is 0. The number of nitrogens with zero attached hydrogens (tertiary/aromatic N) is 1. The van der Waals surface area contributed by atoms with E-state index in [0.717, 1.165) is 18.4 Å². The SMILES string of the molecule is O=C(NC1CC2CCC(C1)N2Cc1ccoc1)c1cc(C(F)(F)F)cc(C(F)(F)F)c1. The van der Waals surface area contributed by atoms with Gasteiger partial charge in [0.05, 0.1) is 23.7 Å². The molecule has 0 radical (unpaired) electrons. The molecular weight excluding hydrogens is 426 g/mol. The summed E-state index contributed by atoms with van der Waals surface area (Å²) in [7, 11) is 0. The standard InChI is InChI=1S/C21H20F6N2O2/c22-20(23,24)14-5-13(6-15(7-14)21(25,26)27)19(30)28-16-8-17-1-2-18(9-16)29(17)10-12-3-4-31-11-12/h3-7,11,16-18H,1-2,8-10H2,(H,28,30). The van der Waals surface area contributed by atoms with E-state index in [1.165, 1.54) is 0 Å². The van der Waals surface area contributed by atoms with Gasteiger partial charge in [-0.05, 0) is 49.9 Å². The quantitative estimate of drug-likeness (QED) is 0.654. The zero-order chi connectivity index (χ0) is 22.4. The van der Waals surface area contributed by atoms with Gasteiger partial charge >= 0.3 is 12.4 Å². The Labute approximate surface area is 174 Å². The second-order valence-corrected chi connectivity index (χ2v) is 8.13. The van der Waals surface area contributed by atoms with Crippen LogP contribution in [0.15, 0.2) is 41.2 Å². The Morgan fingerprint density at radius 3 is 2.06 bits per heavy atom. The van der Waals surface area contributed by atoms with Crippen LogP contribution in [0.3, 0.4) is 0 Å². The van der Waals surface area contributed by atoms with Crippen LogP contribution in [-0.4, -0.2) is 28.9 Å². The Bertz CT molecular complexity index is 892. The van der Waals surface area contributed by atoms with E-state index in [1.54, 1.807) is 12.5 Å². The Hall–Kier alpha value is -2.49. The lowest BCUT2D eigenvalue weighted by molar-refractivity contribution is -0.143. The summed E-state index contributed by atoms with van der Waals surface area (Å²) in [5.74, 6) is -0.927. The van der Waals surface area contributed by atoms with Gasteiger partial charge in [-0.25, -0.2) is 0 Å². The number of fused-ring (bicyclic) bond motifs is 2. The normalized spacial score (nSPS) is 24.4. The number of hydrogen-bond acceptors (Lipinski definition) is 3. The fourth-order valence-electron chi connectivity index (χ4n) is 4.60. The molecule has 0 saturated carbocycles. The molecule has 2 saturated heterocycles. The van der Waals surface area contributed by atoms with Crippen LogP contribution in [0, 0.1) is 0 Å². The Balaban J connectivity index is 1.48. The van der Waals surface area contributed by atoms with E-state index >= 15 is 0 Å². The highest BCUT2D eigenvalue weighted by atomic mass is 19.4. The van der Waals surface area contributed by atoms with Gasteiger partial charge in [0, 0.05) is 35.8 Å². The van der Waals surface area contributed by atoms with Crippen molar-refractivity contribution in [2.75, 3.05) is 0 Å². The molecule has 2 aliphatic heterocycles. The number of halogens is 6. The van der Waals surface area contributed by atoms with Gasteiger partial charge in [-0.2, -0.15) is 26.3 Å². The van der Waals surface area contributed by atoms with Gasteiger partial charge in [-0.3, -0.25) is 9.69 Å². The van der Waals surface area contributed by atoms with Gasteiger partial charge in [0.25, 0.3) is 5.91 Å². The van der Waals surface area contributed by atoms with Crippen LogP contribution in [-0.2, 0) is 18.9 Å². The molecule has 10 heteroatoms. The number of piperidine rings is 1. The lowest BCUT2D eigenvalue weighted by Gasteiger charge is -2.39. The summed E-state index contributed by atoms with van der Waals surface area (Å²) < 4.78 is 83.4. The predicted molar refractivity (Wildman–Crippen MR) is 98.0 cm³/mol. The van der Waals surface area contributed by atoms with Crippen LogP contribution in [0.1, 0.15) is 52.7 Å². The van der Waals surface area contributed by atoms with Gasteiger partial charge in [0.1, 0.15) is 0 Å². The number of amides is 1.